The average molecular weight is 242 g/mol. The lowest BCUT2D eigenvalue weighted by molar-refractivity contribution is 0.0807. The number of rotatable bonds is 7. The summed E-state index contributed by atoms with van der Waals surface area (Å²) < 4.78 is 5.39. The number of hydrogen-bond donors (Lipinski definition) is 2. The first-order chi connectivity index (χ1) is 7.59. The molecule has 3 N–H and O–H groups in total. The van der Waals surface area contributed by atoms with Gasteiger partial charge in [0.15, 0.2) is 0 Å². The highest BCUT2D eigenvalue weighted by Gasteiger charge is 2.03. The molecule has 1 heterocycles. The third kappa shape index (κ3) is 4.74. The number of ether oxygens (including phenoxy) is 1. The maximum absolute atomic E-state index is 10.9. The van der Waals surface area contributed by atoms with Crippen LogP contribution in [0.25, 0.3) is 0 Å². The number of nitrogens with two attached hydrogens (primary N) is 1. The van der Waals surface area contributed by atoms with E-state index in [1.807, 2.05) is 19.9 Å². The first kappa shape index (κ1) is 13.2. The SMILES string of the molecule is CC(C)OCCNCc1cc(C(N)=O)cs1. The van der Waals surface area contributed by atoms with Gasteiger partial charge >= 0.3 is 0 Å². The lowest BCUT2D eigenvalue weighted by Gasteiger charge is -2.07. The fourth-order valence-corrected chi connectivity index (χ4v) is 2.02. The van der Waals surface area contributed by atoms with E-state index >= 15 is 0 Å². The molecule has 4 nitrogen and oxygen atoms in total. The van der Waals surface area contributed by atoms with Crippen molar-refractivity contribution in [2.45, 2.75) is 26.5 Å². The Morgan fingerprint density at radius 2 is 2.38 bits per heavy atom. The third-order valence-electron chi connectivity index (χ3n) is 1.97. The highest BCUT2D eigenvalue weighted by Crippen LogP contribution is 2.13. The molecule has 0 aliphatic rings. The summed E-state index contributed by atoms with van der Waals surface area (Å²) in [5.74, 6) is -0.370. The summed E-state index contributed by atoms with van der Waals surface area (Å²) in [5.41, 5.74) is 5.75. The minimum Gasteiger partial charge on any atom is -0.377 e. The zero-order valence-corrected chi connectivity index (χ0v) is 10.5. The minimum atomic E-state index is -0.370. The van der Waals surface area contributed by atoms with E-state index in [-0.39, 0.29) is 12.0 Å². The van der Waals surface area contributed by atoms with Crippen molar-refractivity contribution < 1.29 is 9.53 Å². The molecule has 90 valence electrons. The highest BCUT2D eigenvalue weighted by atomic mass is 32.1. The van der Waals surface area contributed by atoms with E-state index in [0.717, 1.165) is 18.0 Å². The first-order valence-electron chi connectivity index (χ1n) is 5.29. The van der Waals surface area contributed by atoms with Gasteiger partial charge in [0, 0.05) is 23.3 Å². The van der Waals surface area contributed by atoms with E-state index in [1.165, 1.54) is 11.3 Å². The van der Waals surface area contributed by atoms with E-state index < -0.39 is 0 Å². The molecule has 0 aliphatic heterocycles. The second-order valence-electron chi connectivity index (χ2n) is 3.76. The maximum atomic E-state index is 10.9. The molecule has 0 aliphatic carbocycles. The van der Waals surface area contributed by atoms with Crippen LogP contribution in [0.2, 0.25) is 0 Å². The van der Waals surface area contributed by atoms with Gasteiger partial charge in [-0.2, -0.15) is 0 Å². The van der Waals surface area contributed by atoms with Crippen molar-refractivity contribution in [2.24, 2.45) is 5.73 Å². The van der Waals surface area contributed by atoms with Crippen LogP contribution in [0.3, 0.4) is 0 Å². The number of thiophene rings is 1. The quantitative estimate of drug-likeness (QED) is 0.710. The van der Waals surface area contributed by atoms with Crippen molar-refractivity contribution in [3.63, 3.8) is 0 Å². The van der Waals surface area contributed by atoms with Crippen molar-refractivity contribution in [3.8, 4) is 0 Å². The predicted molar refractivity (Wildman–Crippen MR) is 65.6 cm³/mol. The molecule has 1 aromatic heterocycles. The van der Waals surface area contributed by atoms with Crippen LogP contribution >= 0.6 is 11.3 Å². The summed E-state index contributed by atoms with van der Waals surface area (Å²) in [6.45, 7) is 6.28. The van der Waals surface area contributed by atoms with Crippen LogP contribution in [0.1, 0.15) is 29.1 Å². The molecule has 0 spiro atoms. The number of carbonyl (C=O) groups is 1. The standard InChI is InChI=1S/C11H18N2O2S/c1-8(2)15-4-3-13-6-10-5-9(7-16-10)11(12)14/h5,7-8,13H,3-4,6H2,1-2H3,(H2,12,14). The smallest absolute Gasteiger partial charge is 0.249 e. The second kappa shape index (κ2) is 6.62. The molecule has 5 heteroatoms. The molecule has 0 aromatic carbocycles. The molecule has 0 saturated heterocycles. The van der Waals surface area contributed by atoms with E-state index in [0.29, 0.717) is 12.2 Å². The number of primary amides is 1. The van der Waals surface area contributed by atoms with E-state index in [4.69, 9.17) is 10.5 Å². The highest BCUT2D eigenvalue weighted by molar-refractivity contribution is 7.10. The third-order valence-corrected chi connectivity index (χ3v) is 2.90. The van der Waals surface area contributed by atoms with Gasteiger partial charge < -0.3 is 15.8 Å². The molecule has 16 heavy (non-hydrogen) atoms. The van der Waals surface area contributed by atoms with Gasteiger partial charge in [-0.3, -0.25) is 4.79 Å². The molecular weight excluding hydrogens is 224 g/mol. The Balaban J connectivity index is 2.19. The van der Waals surface area contributed by atoms with Crippen molar-refractivity contribution >= 4 is 17.2 Å². The lowest BCUT2D eigenvalue weighted by atomic mass is 10.3. The predicted octanol–water partition coefficient (Wildman–Crippen LogP) is 1.36. The van der Waals surface area contributed by atoms with Gasteiger partial charge in [0.1, 0.15) is 0 Å². The Morgan fingerprint density at radius 1 is 1.62 bits per heavy atom. The first-order valence-corrected chi connectivity index (χ1v) is 6.17. The van der Waals surface area contributed by atoms with Crippen LogP contribution in [0.4, 0.5) is 0 Å². The molecule has 1 aromatic rings. The summed E-state index contributed by atoms with van der Waals surface area (Å²) in [4.78, 5) is 12.0. The fraction of sp³-hybridized carbons (Fsp3) is 0.545. The monoisotopic (exact) mass is 242 g/mol. The summed E-state index contributed by atoms with van der Waals surface area (Å²) >= 11 is 1.54. The lowest BCUT2D eigenvalue weighted by Crippen LogP contribution is -2.20. The Hall–Kier alpha value is -0.910. The summed E-state index contributed by atoms with van der Waals surface area (Å²) in [6.07, 6.45) is 0.269. The topological polar surface area (TPSA) is 64.3 Å². The van der Waals surface area contributed by atoms with Crippen LogP contribution in [-0.2, 0) is 11.3 Å². The fourth-order valence-electron chi connectivity index (χ4n) is 1.18. The molecule has 0 radical (unpaired) electrons. The van der Waals surface area contributed by atoms with Crippen LogP contribution in [0.15, 0.2) is 11.4 Å². The number of hydrogen-bond acceptors (Lipinski definition) is 4. The summed E-state index contributed by atoms with van der Waals surface area (Å²) in [7, 11) is 0. The minimum absolute atomic E-state index is 0.269. The average Bonchev–Trinajstić information content (AvgIpc) is 2.65. The Kier molecular flexibility index (Phi) is 5.45. The van der Waals surface area contributed by atoms with Gasteiger partial charge in [-0.15, -0.1) is 11.3 Å². The van der Waals surface area contributed by atoms with Gasteiger partial charge in [0.25, 0.3) is 0 Å². The van der Waals surface area contributed by atoms with Crippen molar-refractivity contribution in [2.75, 3.05) is 13.2 Å². The molecule has 0 bridgehead atoms. The molecular formula is C11H18N2O2S. The van der Waals surface area contributed by atoms with Gasteiger partial charge in [-0.05, 0) is 19.9 Å². The Bertz CT molecular complexity index is 336. The van der Waals surface area contributed by atoms with Gasteiger partial charge in [-0.1, -0.05) is 0 Å². The zero-order valence-electron chi connectivity index (χ0n) is 9.66. The Morgan fingerprint density at radius 3 is 2.94 bits per heavy atom. The van der Waals surface area contributed by atoms with Crippen molar-refractivity contribution in [1.29, 1.82) is 0 Å². The molecule has 0 atom stereocenters. The van der Waals surface area contributed by atoms with Gasteiger partial charge in [0.05, 0.1) is 18.3 Å². The van der Waals surface area contributed by atoms with E-state index in [1.54, 1.807) is 5.38 Å². The van der Waals surface area contributed by atoms with Crippen LogP contribution < -0.4 is 11.1 Å². The molecule has 1 rings (SSSR count). The van der Waals surface area contributed by atoms with Crippen LogP contribution in [-0.4, -0.2) is 25.2 Å². The van der Waals surface area contributed by atoms with Crippen molar-refractivity contribution in [3.05, 3.63) is 21.9 Å². The van der Waals surface area contributed by atoms with Gasteiger partial charge in [-0.25, -0.2) is 0 Å². The molecule has 0 unspecified atom stereocenters. The zero-order chi connectivity index (χ0) is 12.0. The normalized spacial score (nSPS) is 10.9. The van der Waals surface area contributed by atoms with E-state index in [2.05, 4.69) is 5.32 Å². The van der Waals surface area contributed by atoms with Crippen molar-refractivity contribution in [1.82, 2.24) is 5.32 Å². The number of carbonyl (C=O) groups excluding carboxylic acids is 1. The largest absolute Gasteiger partial charge is 0.377 e. The number of amides is 1. The van der Waals surface area contributed by atoms with Gasteiger partial charge in [0.2, 0.25) is 5.91 Å². The van der Waals surface area contributed by atoms with Crippen LogP contribution in [0, 0.1) is 0 Å². The molecule has 0 saturated carbocycles. The second-order valence-corrected chi connectivity index (χ2v) is 4.76. The maximum Gasteiger partial charge on any atom is 0.249 e. The number of nitrogens with one attached hydrogen (secondary N) is 1. The van der Waals surface area contributed by atoms with Crippen LogP contribution in [0.5, 0.6) is 0 Å². The molecule has 1 amide bonds. The van der Waals surface area contributed by atoms with E-state index in [9.17, 15) is 4.79 Å². The Labute approximate surface area is 99.8 Å². The summed E-state index contributed by atoms with van der Waals surface area (Å²) in [5, 5.41) is 5.02. The summed E-state index contributed by atoms with van der Waals surface area (Å²) in [6, 6.07) is 1.82. The molecule has 0 fully saturated rings.